The van der Waals surface area contributed by atoms with Crippen molar-refractivity contribution in [3.8, 4) is 0 Å². The molecule has 4 N–H and O–H groups in total. The number of hydrazine groups is 1. The number of aryl methyl sites for hydroxylation is 1. The van der Waals surface area contributed by atoms with Crippen molar-refractivity contribution in [2.75, 3.05) is 10.7 Å². The first-order chi connectivity index (χ1) is 9.13. The zero-order valence-electron chi connectivity index (χ0n) is 10.2. The van der Waals surface area contributed by atoms with Crippen molar-refractivity contribution in [3.05, 3.63) is 41.7 Å². The molecule has 0 bridgehead atoms. The fourth-order valence-electron chi connectivity index (χ4n) is 1.54. The van der Waals surface area contributed by atoms with Crippen LogP contribution in [0.5, 0.6) is 0 Å². The third kappa shape index (κ3) is 2.94. The second-order valence-corrected chi connectivity index (χ2v) is 3.77. The number of benzene rings is 1. The zero-order chi connectivity index (χ0) is 13.8. The van der Waals surface area contributed by atoms with E-state index >= 15 is 0 Å². The molecule has 0 atom stereocenters. The Labute approximate surface area is 108 Å². The van der Waals surface area contributed by atoms with Gasteiger partial charge in [0.2, 0.25) is 0 Å². The number of nitrogen functional groups attached to an aromatic ring is 1. The molecule has 2 aromatic rings. The van der Waals surface area contributed by atoms with E-state index in [9.17, 15) is 8.78 Å². The van der Waals surface area contributed by atoms with Crippen molar-refractivity contribution in [1.29, 1.82) is 0 Å². The molecule has 7 heteroatoms. The van der Waals surface area contributed by atoms with Gasteiger partial charge in [-0.2, -0.15) is 0 Å². The summed E-state index contributed by atoms with van der Waals surface area (Å²) in [6.45, 7) is 1.86. The maximum absolute atomic E-state index is 13.5. The second-order valence-electron chi connectivity index (χ2n) is 3.77. The first-order valence-corrected chi connectivity index (χ1v) is 5.69. The molecule has 0 spiro atoms. The molecule has 1 aromatic carbocycles. The van der Waals surface area contributed by atoms with E-state index in [1.165, 1.54) is 12.1 Å². The summed E-state index contributed by atoms with van der Waals surface area (Å²) in [5.74, 6) is 5.03. The summed E-state index contributed by atoms with van der Waals surface area (Å²) in [7, 11) is 0. The highest BCUT2D eigenvalue weighted by Gasteiger charge is 2.10. The Hall–Kier alpha value is -2.28. The lowest BCUT2D eigenvalue weighted by Crippen LogP contribution is -2.11. The molecule has 1 heterocycles. The molecule has 0 aliphatic carbocycles. The predicted molar refractivity (Wildman–Crippen MR) is 68.9 cm³/mol. The van der Waals surface area contributed by atoms with Gasteiger partial charge in [-0.3, -0.25) is 0 Å². The number of para-hydroxylation sites is 1. The van der Waals surface area contributed by atoms with E-state index in [4.69, 9.17) is 5.84 Å². The van der Waals surface area contributed by atoms with Gasteiger partial charge in [0.15, 0.2) is 0 Å². The molecular weight excluding hydrogens is 252 g/mol. The molecule has 0 unspecified atom stereocenters. The Morgan fingerprint density at radius 1 is 1.16 bits per heavy atom. The lowest BCUT2D eigenvalue weighted by Gasteiger charge is -2.10. The smallest absolute Gasteiger partial charge is 0.149 e. The topological polar surface area (TPSA) is 75.9 Å². The van der Waals surface area contributed by atoms with Crippen LogP contribution < -0.4 is 16.6 Å². The number of hydrogen-bond acceptors (Lipinski definition) is 5. The van der Waals surface area contributed by atoms with Gasteiger partial charge >= 0.3 is 0 Å². The van der Waals surface area contributed by atoms with Gasteiger partial charge < -0.3 is 10.7 Å². The normalized spacial score (nSPS) is 10.3. The maximum Gasteiger partial charge on any atom is 0.149 e. The third-order valence-corrected chi connectivity index (χ3v) is 2.45. The molecule has 1 aromatic heterocycles. The van der Waals surface area contributed by atoms with Gasteiger partial charge in [0.25, 0.3) is 0 Å². The van der Waals surface area contributed by atoms with Crippen LogP contribution in [0.25, 0.3) is 0 Å². The average Bonchev–Trinajstić information content (AvgIpc) is 2.42. The summed E-state index contributed by atoms with van der Waals surface area (Å²) in [4.78, 5) is 8.21. The summed E-state index contributed by atoms with van der Waals surface area (Å²) >= 11 is 0. The van der Waals surface area contributed by atoms with Crippen LogP contribution in [0.1, 0.15) is 12.7 Å². The molecule has 0 amide bonds. The van der Waals surface area contributed by atoms with Gasteiger partial charge in [0.1, 0.15) is 34.8 Å². The number of nitrogens with two attached hydrogens (primary N) is 1. The Kier molecular flexibility index (Phi) is 3.86. The molecule has 0 fully saturated rings. The largest absolute Gasteiger partial charge is 0.335 e. The van der Waals surface area contributed by atoms with E-state index in [0.29, 0.717) is 18.1 Å². The highest BCUT2D eigenvalue weighted by molar-refractivity contribution is 5.60. The van der Waals surface area contributed by atoms with Crippen molar-refractivity contribution in [3.63, 3.8) is 0 Å². The molecule has 19 heavy (non-hydrogen) atoms. The van der Waals surface area contributed by atoms with Gasteiger partial charge in [-0.05, 0) is 12.1 Å². The molecule has 0 aliphatic heterocycles. The number of anilines is 3. The summed E-state index contributed by atoms with van der Waals surface area (Å²) in [6.07, 6.45) is 0.573. The molecular formula is C12H13F2N5. The van der Waals surface area contributed by atoms with Crippen molar-refractivity contribution >= 4 is 17.3 Å². The van der Waals surface area contributed by atoms with E-state index in [1.807, 2.05) is 6.92 Å². The molecule has 0 radical (unpaired) electrons. The van der Waals surface area contributed by atoms with E-state index in [2.05, 4.69) is 20.7 Å². The van der Waals surface area contributed by atoms with Gasteiger partial charge in [0.05, 0.1) is 0 Å². The Balaban J connectivity index is 2.37. The number of halogens is 2. The minimum atomic E-state index is -0.695. The van der Waals surface area contributed by atoms with E-state index < -0.39 is 11.6 Å². The standard InChI is InChI=1S/C12H13F2N5/c1-2-9-16-10(6-11(17-9)19-15)18-12-7(13)4-3-5-8(12)14/h3-6H,2,15H2,1H3,(H2,16,17,18,19). The number of hydrogen-bond donors (Lipinski definition) is 3. The van der Waals surface area contributed by atoms with E-state index in [0.717, 1.165) is 12.1 Å². The van der Waals surface area contributed by atoms with Gasteiger partial charge in [-0.25, -0.2) is 24.6 Å². The Bertz CT molecular complexity index is 546. The van der Waals surface area contributed by atoms with E-state index in [-0.39, 0.29) is 11.5 Å². The van der Waals surface area contributed by atoms with Gasteiger partial charge in [0, 0.05) is 12.5 Å². The molecule has 2 rings (SSSR count). The van der Waals surface area contributed by atoms with Gasteiger partial charge in [-0.1, -0.05) is 13.0 Å². The molecule has 5 nitrogen and oxygen atoms in total. The first-order valence-electron chi connectivity index (χ1n) is 5.69. The number of aromatic nitrogens is 2. The van der Waals surface area contributed by atoms with Crippen LogP contribution in [0.3, 0.4) is 0 Å². The minimum absolute atomic E-state index is 0.258. The maximum atomic E-state index is 13.5. The Morgan fingerprint density at radius 2 is 1.79 bits per heavy atom. The van der Waals surface area contributed by atoms with E-state index in [1.54, 1.807) is 0 Å². The van der Waals surface area contributed by atoms with Crippen LogP contribution in [0.4, 0.5) is 26.1 Å². The predicted octanol–water partition coefficient (Wildman–Crippen LogP) is 2.35. The lowest BCUT2D eigenvalue weighted by molar-refractivity contribution is 0.590. The van der Waals surface area contributed by atoms with Crippen LogP contribution >= 0.6 is 0 Å². The third-order valence-electron chi connectivity index (χ3n) is 2.45. The Morgan fingerprint density at radius 3 is 2.37 bits per heavy atom. The fraction of sp³-hybridized carbons (Fsp3) is 0.167. The zero-order valence-corrected chi connectivity index (χ0v) is 10.2. The van der Waals surface area contributed by atoms with Crippen molar-refractivity contribution in [2.24, 2.45) is 5.84 Å². The molecule has 0 aliphatic rings. The van der Waals surface area contributed by atoms with Crippen LogP contribution in [0.2, 0.25) is 0 Å². The number of rotatable bonds is 4. The molecule has 0 saturated carbocycles. The molecule has 100 valence electrons. The number of nitrogens with zero attached hydrogens (tertiary/aromatic N) is 2. The quantitative estimate of drug-likeness (QED) is 0.584. The first kappa shape index (κ1) is 13.2. The fourth-order valence-corrected chi connectivity index (χ4v) is 1.54. The summed E-state index contributed by atoms with van der Waals surface area (Å²) in [5.41, 5.74) is 2.12. The second kappa shape index (κ2) is 5.57. The molecule has 0 saturated heterocycles. The van der Waals surface area contributed by atoms with Crippen LogP contribution in [0.15, 0.2) is 24.3 Å². The highest BCUT2D eigenvalue weighted by Crippen LogP contribution is 2.23. The average molecular weight is 265 g/mol. The van der Waals surface area contributed by atoms with Crippen molar-refractivity contribution in [2.45, 2.75) is 13.3 Å². The summed E-state index contributed by atoms with van der Waals surface area (Å²) in [6, 6.07) is 5.08. The summed E-state index contributed by atoms with van der Waals surface area (Å²) < 4.78 is 27.0. The summed E-state index contributed by atoms with van der Waals surface area (Å²) in [5, 5.41) is 2.59. The van der Waals surface area contributed by atoms with Crippen LogP contribution in [-0.4, -0.2) is 9.97 Å². The highest BCUT2D eigenvalue weighted by atomic mass is 19.1. The van der Waals surface area contributed by atoms with Crippen molar-refractivity contribution < 1.29 is 8.78 Å². The lowest BCUT2D eigenvalue weighted by atomic mass is 10.3. The van der Waals surface area contributed by atoms with Crippen molar-refractivity contribution in [1.82, 2.24) is 9.97 Å². The monoisotopic (exact) mass is 265 g/mol. The number of nitrogens with one attached hydrogen (secondary N) is 2. The van der Waals surface area contributed by atoms with Crippen LogP contribution in [0, 0.1) is 11.6 Å². The SMILES string of the molecule is CCc1nc(NN)cc(Nc2c(F)cccc2F)n1. The minimum Gasteiger partial charge on any atom is -0.335 e. The van der Waals surface area contributed by atoms with Crippen LogP contribution in [-0.2, 0) is 6.42 Å². The van der Waals surface area contributed by atoms with Gasteiger partial charge in [-0.15, -0.1) is 0 Å².